The number of amides is 3. The minimum atomic E-state index is -0.517. The molecule has 0 heterocycles. The molecular formula is C18H20N2O4. The van der Waals surface area contributed by atoms with Crippen LogP contribution in [-0.4, -0.2) is 25.1 Å². The smallest absolute Gasteiger partial charge is 0.321 e. The summed E-state index contributed by atoms with van der Waals surface area (Å²) in [5, 5.41) is 4.74. The Morgan fingerprint density at radius 1 is 0.917 bits per heavy atom. The summed E-state index contributed by atoms with van der Waals surface area (Å²) in [6.07, 6.45) is 0.801. The third-order valence-electron chi connectivity index (χ3n) is 2.96. The van der Waals surface area contributed by atoms with Gasteiger partial charge in [0.2, 0.25) is 0 Å². The van der Waals surface area contributed by atoms with E-state index in [0.717, 1.165) is 12.2 Å². The molecule has 0 spiro atoms. The van der Waals surface area contributed by atoms with Gasteiger partial charge in [-0.1, -0.05) is 25.1 Å². The first kappa shape index (κ1) is 17.3. The lowest BCUT2D eigenvalue weighted by Gasteiger charge is -2.09. The van der Waals surface area contributed by atoms with Gasteiger partial charge in [0, 0.05) is 6.54 Å². The lowest BCUT2D eigenvalue weighted by Crippen LogP contribution is -2.41. The fourth-order valence-corrected chi connectivity index (χ4v) is 1.82. The molecule has 0 saturated heterocycles. The highest BCUT2D eigenvalue weighted by molar-refractivity contribution is 5.94. The van der Waals surface area contributed by atoms with E-state index < -0.39 is 11.9 Å². The molecule has 126 valence electrons. The zero-order chi connectivity index (χ0) is 17.2. The van der Waals surface area contributed by atoms with E-state index >= 15 is 0 Å². The monoisotopic (exact) mass is 328 g/mol. The van der Waals surface area contributed by atoms with E-state index in [0.29, 0.717) is 18.0 Å². The molecule has 24 heavy (non-hydrogen) atoms. The SMILES string of the molecule is CCCNC(=O)NC(=O)COc1ccc(Oc2ccccc2)cc1. The number of hydrogen-bond donors (Lipinski definition) is 2. The number of imide groups is 1. The Hall–Kier alpha value is -3.02. The second-order valence-electron chi connectivity index (χ2n) is 4.98. The summed E-state index contributed by atoms with van der Waals surface area (Å²) in [5.74, 6) is 1.41. The number of para-hydroxylation sites is 1. The van der Waals surface area contributed by atoms with Gasteiger partial charge in [-0.05, 0) is 42.8 Å². The van der Waals surface area contributed by atoms with Crippen LogP contribution in [-0.2, 0) is 4.79 Å². The Bertz CT molecular complexity index is 656. The first-order valence-corrected chi connectivity index (χ1v) is 7.71. The van der Waals surface area contributed by atoms with Gasteiger partial charge in [-0.2, -0.15) is 0 Å². The van der Waals surface area contributed by atoms with Crippen molar-refractivity contribution in [2.24, 2.45) is 0 Å². The van der Waals surface area contributed by atoms with Crippen LogP contribution in [0.3, 0.4) is 0 Å². The van der Waals surface area contributed by atoms with Crippen molar-refractivity contribution in [3.63, 3.8) is 0 Å². The number of hydrogen-bond acceptors (Lipinski definition) is 4. The van der Waals surface area contributed by atoms with Gasteiger partial charge >= 0.3 is 6.03 Å². The Kier molecular flexibility index (Phi) is 6.64. The second kappa shape index (κ2) is 9.19. The molecule has 0 atom stereocenters. The van der Waals surface area contributed by atoms with E-state index in [1.807, 2.05) is 37.3 Å². The van der Waals surface area contributed by atoms with Gasteiger partial charge in [0.15, 0.2) is 6.61 Å². The Morgan fingerprint density at radius 2 is 1.54 bits per heavy atom. The van der Waals surface area contributed by atoms with Gasteiger partial charge in [0.05, 0.1) is 0 Å². The van der Waals surface area contributed by atoms with Crippen LogP contribution in [0.15, 0.2) is 54.6 Å². The molecular weight excluding hydrogens is 308 g/mol. The standard InChI is InChI=1S/C18H20N2O4/c1-2-12-19-18(22)20-17(21)13-23-14-8-10-16(11-9-14)24-15-6-4-3-5-7-15/h3-11H,2,12-13H2,1H3,(H2,19,20,21,22). The zero-order valence-electron chi connectivity index (χ0n) is 13.5. The van der Waals surface area contributed by atoms with Gasteiger partial charge in [-0.25, -0.2) is 4.79 Å². The molecule has 0 unspecified atom stereocenters. The molecule has 0 aromatic heterocycles. The largest absolute Gasteiger partial charge is 0.484 e. The van der Waals surface area contributed by atoms with Crippen molar-refractivity contribution in [3.05, 3.63) is 54.6 Å². The fraction of sp³-hybridized carbons (Fsp3) is 0.222. The molecule has 0 aliphatic carbocycles. The van der Waals surface area contributed by atoms with Gasteiger partial charge in [-0.15, -0.1) is 0 Å². The van der Waals surface area contributed by atoms with Crippen LogP contribution in [0.25, 0.3) is 0 Å². The van der Waals surface area contributed by atoms with Crippen molar-refractivity contribution in [1.29, 1.82) is 0 Å². The molecule has 0 bridgehead atoms. The zero-order valence-corrected chi connectivity index (χ0v) is 13.5. The Morgan fingerprint density at radius 3 is 2.21 bits per heavy atom. The predicted octanol–water partition coefficient (Wildman–Crippen LogP) is 3.09. The van der Waals surface area contributed by atoms with Crippen LogP contribution < -0.4 is 20.1 Å². The van der Waals surface area contributed by atoms with E-state index in [4.69, 9.17) is 9.47 Å². The molecule has 3 amide bonds. The third kappa shape index (κ3) is 6.00. The van der Waals surface area contributed by atoms with Crippen molar-refractivity contribution in [3.8, 4) is 17.2 Å². The molecule has 0 radical (unpaired) electrons. The molecule has 2 rings (SSSR count). The minimum absolute atomic E-state index is 0.238. The number of carbonyl (C=O) groups excluding carboxylic acids is 2. The molecule has 0 aliphatic heterocycles. The van der Waals surface area contributed by atoms with Crippen molar-refractivity contribution in [2.75, 3.05) is 13.2 Å². The molecule has 0 fully saturated rings. The van der Waals surface area contributed by atoms with Crippen LogP contribution in [0.2, 0.25) is 0 Å². The van der Waals surface area contributed by atoms with Gasteiger partial charge in [-0.3, -0.25) is 10.1 Å². The summed E-state index contributed by atoms with van der Waals surface area (Å²) >= 11 is 0. The van der Waals surface area contributed by atoms with Crippen molar-refractivity contribution < 1.29 is 19.1 Å². The maximum absolute atomic E-state index is 11.6. The molecule has 0 saturated carbocycles. The molecule has 2 N–H and O–H groups in total. The van der Waals surface area contributed by atoms with Crippen molar-refractivity contribution in [2.45, 2.75) is 13.3 Å². The highest BCUT2D eigenvalue weighted by Crippen LogP contribution is 2.23. The molecule has 0 aliphatic rings. The predicted molar refractivity (Wildman–Crippen MR) is 90.3 cm³/mol. The van der Waals surface area contributed by atoms with Crippen LogP contribution >= 0.6 is 0 Å². The normalized spacial score (nSPS) is 9.88. The average molecular weight is 328 g/mol. The average Bonchev–Trinajstić information content (AvgIpc) is 2.60. The van der Waals surface area contributed by atoms with Crippen molar-refractivity contribution >= 4 is 11.9 Å². The number of rotatable bonds is 7. The first-order valence-electron chi connectivity index (χ1n) is 7.71. The van der Waals surface area contributed by atoms with Crippen LogP contribution in [0.1, 0.15) is 13.3 Å². The van der Waals surface area contributed by atoms with Gasteiger partial charge in [0.25, 0.3) is 5.91 Å². The van der Waals surface area contributed by atoms with Crippen LogP contribution in [0.4, 0.5) is 4.79 Å². The summed E-state index contributed by atoms with van der Waals surface area (Å²) in [6.45, 7) is 2.21. The number of carbonyl (C=O) groups is 2. The molecule has 6 heteroatoms. The van der Waals surface area contributed by atoms with E-state index in [2.05, 4.69) is 10.6 Å². The first-order chi connectivity index (χ1) is 11.7. The van der Waals surface area contributed by atoms with E-state index in [9.17, 15) is 9.59 Å². The van der Waals surface area contributed by atoms with E-state index in [1.165, 1.54) is 0 Å². The Labute approximate surface area is 140 Å². The summed E-state index contributed by atoms with van der Waals surface area (Å²) in [5.41, 5.74) is 0. The van der Waals surface area contributed by atoms with Gasteiger partial charge in [0.1, 0.15) is 17.2 Å². The summed E-state index contributed by atoms with van der Waals surface area (Å²) < 4.78 is 11.0. The van der Waals surface area contributed by atoms with E-state index in [1.54, 1.807) is 24.3 Å². The Balaban J connectivity index is 1.77. The second-order valence-corrected chi connectivity index (χ2v) is 4.98. The summed E-state index contributed by atoms with van der Waals surface area (Å²) in [6, 6.07) is 15.8. The van der Waals surface area contributed by atoms with E-state index in [-0.39, 0.29) is 6.61 Å². The van der Waals surface area contributed by atoms with Crippen LogP contribution in [0.5, 0.6) is 17.2 Å². The highest BCUT2D eigenvalue weighted by Gasteiger charge is 2.07. The lowest BCUT2D eigenvalue weighted by molar-refractivity contribution is -0.122. The maximum Gasteiger partial charge on any atom is 0.321 e. The maximum atomic E-state index is 11.6. The lowest BCUT2D eigenvalue weighted by atomic mass is 10.3. The number of urea groups is 1. The third-order valence-corrected chi connectivity index (χ3v) is 2.96. The van der Waals surface area contributed by atoms with Crippen LogP contribution in [0, 0.1) is 0 Å². The summed E-state index contributed by atoms with van der Waals surface area (Å²) in [7, 11) is 0. The summed E-state index contributed by atoms with van der Waals surface area (Å²) in [4.78, 5) is 22.9. The molecule has 2 aromatic carbocycles. The van der Waals surface area contributed by atoms with Gasteiger partial charge < -0.3 is 14.8 Å². The molecule has 2 aromatic rings. The molecule has 6 nitrogen and oxygen atoms in total. The topological polar surface area (TPSA) is 76.7 Å². The number of ether oxygens (including phenoxy) is 2. The quantitative estimate of drug-likeness (QED) is 0.819. The fourth-order valence-electron chi connectivity index (χ4n) is 1.82. The number of nitrogens with one attached hydrogen (secondary N) is 2. The number of benzene rings is 2. The van der Waals surface area contributed by atoms with Crippen molar-refractivity contribution in [1.82, 2.24) is 10.6 Å². The highest BCUT2D eigenvalue weighted by atomic mass is 16.5. The minimum Gasteiger partial charge on any atom is -0.484 e.